The third-order valence-corrected chi connectivity index (χ3v) is 4.30. The van der Waals surface area contributed by atoms with Gasteiger partial charge in [0.1, 0.15) is 0 Å². The lowest BCUT2D eigenvalue weighted by molar-refractivity contribution is -0.135. The molecular weight excluding hydrogens is 292 g/mol. The highest BCUT2D eigenvalue weighted by atomic mass is 19.3. The maximum Gasteiger partial charge on any atom is 0.262 e. The Hall–Kier alpha value is -1.24. The molecule has 0 aromatic heterocycles. The van der Waals surface area contributed by atoms with E-state index < -0.39 is 24.9 Å². The van der Waals surface area contributed by atoms with E-state index in [1.807, 2.05) is 6.92 Å². The summed E-state index contributed by atoms with van der Waals surface area (Å²) < 4.78 is 26.4. The van der Waals surface area contributed by atoms with Crippen molar-refractivity contribution in [1.82, 2.24) is 15.5 Å². The summed E-state index contributed by atoms with van der Waals surface area (Å²) in [5.41, 5.74) is 0. The maximum atomic E-state index is 13.2. The van der Waals surface area contributed by atoms with Gasteiger partial charge in [-0.05, 0) is 25.2 Å². The molecule has 2 rings (SSSR count). The molecule has 0 aliphatic carbocycles. The van der Waals surface area contributed by atoms with Gasteiger partial charge < -0.3 is 10.2 Å². The monoisotopic (exact) mass is 317 g/mol. The number of carbonyl (C=O) groups excluding carboxylic acids is 2. The van der Waals surface area contributed by atoms with Crippen molar-refractivity contribution in [2.24, 2.45) is 5.92 Å². The molecule has 0 saturated carbocycles. The number of carbonyl (C=O) groups is 2. The Balaban J connectivity index is 1.80. The van der Waals surface area contributed by atoms with Gasteiger partial charge in [0.2, 0.25) is 11.8 Å². The first-order valence-electron chi connectivity index (χ1n) is 8.08. The van der Waals surface area contributed by atoms with E-state index in [-0.39, 0.29) is 17.7 Å². The van der Waals surface area contributed by atoms with Gasteiger partial charge in [-0.15, -0.1) is 0 Å². The normalized spacial score (nSPS) is 27.7. The summed E-state index contributed by atoms with van der Waals surface area (Å²) in [6.07, 6.45) is 2.70. The molecule has 22 heavy (non-hydrogen) atoms. The van der Waals surface area contributed by atoms with Crippen LogP contribution in [-0.2, 0) is 9.59 Å². The van der Waals surface area contributed by atoms with Crippen LogP contribution in [0.5, 0.6) is 0 Å². The Labute approximate surface area is 129 Å². The van der Waals surface area contributed by atoms with Crippen LogP contribution in [0.25, 0.3) is 0 Å². The first-order valence-corrected chi connectivity index (χ1v) is 8.08. The van der Waals surface area contributed by atoms with E-state index in [1.54, 1.807) is 4.90 Å². The number of hydrogen-bond acceptors (Lipinski definition) is 3. The summed E-state index contributed by atoms with van der Waals surface area (Å²) in [6.45, 7) is 3.23. The Morgan fingerprint density at radius 2 is 2.18 bits per heavy atom. The molecule has 2 atom stereocenters. The van der Waals surface area contributed by atoms with Gasteiger partial charge in [0.05, 0.1) is 12.6 Å². The summed E-state index contributed by atoms with van der Waals surface area (Å²) in [5.74, 6) is -2.78. The molecular formula is C15H25F2N3O2. The number of rotatable bonds is 5. The highest BCUT2D eigenvalue weighted by Gasteiger charge is 2.44. The molecule has 5 nitrogen and oxygen atoms in total. The van der Waals surface area contributed by atoms with Gasteiger partial charge in [-0.2, -0.15) is 0 Å². The average Bonchev–Trinajstić information content (AvgIpc) is 2.85. The second kappa shape index (κ2) is 7.35. The van der Waals surface area contributed by atoms with E-state index in [9.17, 15) is 18.4 Å². The van der Waals surface area contributed by atoms with Crippen LogP contribution in [0.1, 0.15) is 39.0 Å². The molecule has 126 valence electrons. The van der Waals surface area contributed by atoms with Crippen LogP contribution < -0.4 is 10.6 Å². The van der Waals surface area contributed by atoms with Crippen LogP contribution in [0.15, 0.2) is 0 Å². The molecule has 0 spiro atoms. The number of halogens is 2. The van der Waals surface area contributed by atoms with Crippen LogP contribution >= 0.6 is 0 Å². The lowest BCUT2D eigenvalue weighted by Gasteiger charge is -2.34. The molecule has 2 aliphatic heterocycles. The zero-order valence-corrected chi connectivity index (χ0v) is 13.0. The summed E-state index contributed by atoms with van der Waals surface area (Å²) in [7, 11) is 0. The third-order valence-electron chi connectivity index (χ3n) is 4.30. The molecule has 2 fully saturated rings. The zero-order valence-electron chi connectivity index (χ0n) is 13.0. The zero-order chi connectivity index (χ0) is 16.2. The van der Waals surface area contributed by atoms with Crippen LogP contribution in [0.3, 0.4) is 0 Å². The number of likely N-dealkylation sites (tertiary alicyclic amines) is 1. The topological polar surface area (TPSA) is 61.4 Å². The molecule has 0 radical (unpaired) electrons. The van der Waals surface area contributed by atoms with Gasteiger partial charge >= 0.3 is 0 Å². The van der Waals surface area contributed by atoms with Gasteiger partial charge in [-0.3, -0.25) is 14.9 Å². The van der Waals surface area contributed by atoms with Crippen molar-refractivity contribution in [1.29, 1.82) is 0 Å². The summed E-state index contributed by atoms with van der Waals surface area (Å²) in [5, 5.41) is 5.50. The van der Waals surface area contributed by atoms with Crippen molar-refractivity contribution in [3.63, 3.8) is 0 Å². The predicted octanol–water partition coefficient (Wildman–Crippen LogP) is 1.14. The molecule has 2 heterocycles. The molecule has 0 aromatic carbocycles. The first kappa shape index (κ1) is 17.1. The highest BCUT2D eigenvalue weighted by Crippen LogP contribution is 2.27. The maximum absolute atomic E-state index is 13.2. The third kappa shape index (κ3) is 4.63. The van der Waals surface area contributed by atoms with E-state index in [0.29, 0.717) is 26.1 Å². The van der Waals surface area contributed by atoms with Crippen LogP contribution in [0, 0.1) is 5.92 Å². The number of nitrogens with zero attached hydrogens (tertiary/aromatic N) is 1. The van der Waals surface area contributed by atoms with Crippen LogP contribution in [0.2, 0.25) is 0 Å². The van der Waals surface area contributed by atoms with Crippen LogP contribution in [0.4, 0.5) is 8.78 Å². The molecule has 2 saturated heterocycles. The quantitative estimate of drug-likeness (QED) is 0.799. The Morgan fingerprint density at radius 1 is 1.41 bits per heavy atom. The minimum atomic E-state index is -2.79. The van der Waals surface area contributed by atoms with Crippen molar-refractivity contribution < 1.29 is 18.4 Å². The Morgan fingerprint density at radius 3 is 2.82 bits per heavy atom. The smallest absolute Gasteiger partial charge is 0.262 e. The fourth-order valence-electron chi connectivity index (χ4n) is 3.12. The second-order valence-corrected chi connectivity index (χ2v) is 6.34. The number of nitrogens with one attached hydrogen (secondary N) is 2. The van der Waals surface area contributed by atoms with Gasteiger partial charge in [-0.25, -0.2) is 8.78 Å². The van der Waals surface area contributed by atoms with Crippen LogP contribution in [-0.4, -0.2) is 54.9 Å². The first-order chi connectivity index (χ1) is 10.4. The lowest BCUT2D eigenvalue weighted by Crippen LogP contribution is -2.49. The largest absolute Gasteiger partial charge is 0.356 e. The van der Waals surface area contributed by atoms with Crippen molar-refractivity contribution in [3.8, 4) is 0 Å². The van der Waals surface area contributed by atoms with Crippen molar-refractivity contribution >= 4 is 11.8 Å². The molecule has 0 aromatic rings. The van der Waals surface area contributed by atoms with Crippen molar-refractivity contribution in [2.45, 2.75) is 51.0 Å². The fraction of sp³-hybridized carbons (Fsp3) is 0.867. The highest BCUT2D eigenvalue weighted by molar-refractivity contribution is 5.82. The van der Waals surface area contributed by atoms with Crippen molar-refractivity contribution in [3.05, 3.63) is 0 Å². The lowest BCUT2D eigenvalue weighted by atomic mass is 9.97. The standard InChI is InChI=1S/C15H25F2N3O2/c1-2-4-13(21)18-8-11-5-3-6-20(9-11)14(22)12-7-15(16,17)10-19-12/h11-12,19H,2-10H2,1H3,(H,18,21). The number of amides is 2. The molecule has 0 bridgehead atoms. The minimum absolute atomic E-state index is 0.0306. The SMILES string of the molecule is CCCC(=O)NCC1CCCN(C(=O)C2CC(F)(F)CN2)C1. The van der Waals surface area contributed by atoms with E-state index in [0.717, 1.165) is 19.3 Å². The number of alkyl halides is 2. The molecule has 2 amide bonds. The van der Waals surface area contributed by atoms with Gasteiger partial charge in [-0.1, -0.05) is 6.92 Å². The number of hydrogen-bond donors (Lipinski definition) is 2. The van der Waals surface area contributed by atoms with Gasteiger partial charge in [0.25, 0.3) is 5.92 Å². The predicted molar refractivity (Wildman–Crippen MR) is 78.6 cm³/mol. The average molecular weight is 317 g/mol. The Bertz CT molecular complexity index is 418. The van der Waals surface area contributed by atoms with Gasteiger partial charge in [0.15, 0.2) is 0 Å². The van der Waals surface area contributed by atoms with E-state index >= 15 is 0 Å². The molecule has 2 aliphatic rings. The molecule has 7 heteroatoms. The van der Waals surface area contributed by atoms with E-state index in [1.165, 1.54) is 0 Å². The van der Waals surface area contributed by atoms with Gasteiger partial charge in [0, 0.05) is 32.5 Å². The van der Waals surface area contributed by atoms with E-state index in [2.05, 4.69) is 10.6 Å². The minimum Gasteiger partial charge on any atom is -0.356 e. The number of piperidine rings is 1. The second-order valence-electron chi connectivity index (χ2n) is 6.34. The summed E-state index contributed by atoms with van der Waals surface area (Å²) >= 11 is 0. The fourth-order valence-corrected chi connectivity index (χ4v) is 3.12. The molecule has 2 unspecified atom stereocenters. The van der Waals surface area contributed by atoms with Crippen molar-refractivity contribution in [2.75, 3.05) is 26.2 Å². The van der Waals surface area contributed by atoms with E-state index in [4.69, 9.17) is 0 Å². The summed E-state index contributed by atoms with van der Waals surface area (Å²) in [6, 6.07) is -0.775. The Kier molecular flexibility index (Phi) is 5.72. The molecule has 2 N–H and O–H groups in total. The summed E-state index contributed by atoms with van der Waals surface area (Å²) in [4.78, 5) is 25.5.